The maximum atomic E-state index is 13.0. The minimum absolute atomic E-state index is 0.0906. The third-order valence-electron chi connectivity index (χ3n) is 6.26. The molecular weight excluding hydrogens is 426 g/mol. The Kier molecular flexibility index (Phi) is 6.35. The van der Waals surface area contributed by atoms with Crippen molar-refractivity contribution >= 4 is 33.2 Å². The molecule has 2 aromatic carbocycles. The molecule has 8 heteroatoms. The average Bonchev–Trinajstić information content (AvgIpc) is 3.18. The molecule has 2 aromatic rings. The van der Waals surface area contributed by atoms with Crippen LogP contribution < -0.4 is 10.2 Å². The number of anilines is 2. The molecule has 0 aromatic heterocycles. The van der Waals surface area contributed by atoms with Gasteiger partial charge in [-0.1, -0.05) is 30.2 Å². The topological polar surface area (TPSA) is 86.8 Å². The highest BCUT2D eigenvalue weighted by Gasteiger charge is 2.35. The SMILES string of the molecule is Cc1ccc(N2C[C@@H](C(=O)Nc3cc(S(=O)(=O)N4CCCCC4)ccc3C)CC2=O)cc1. The lowest BCUT2D eigenvalue weighted by Crippen LogP contribution is -2.35. The second-order valence-electron chi connectivity index (χ2n) is 8.67. The van der Waals surface area contributed by atoms with Crippen molar-refractivity contribution in [2.75, 3.05) is 29.9 Å². The van der Waals surface area contributed by atoms with E-state index >= 15 is 0 Å². The van der Waals surface area contributed by atoms with Crippen LogP contribution in [0.25, 0.3) is 0 Å². The third kappa shape index (κ3) is 4.56. The summed E-state index contributed by atoms with van der Waals surface area (Å²) in [5.41, 5.74) is 3.12. The van der Waals surface area contributed by atoms with E-state index in [1.54, 1.807) is 17.0 Å². The molecule has 32 heavy (non-hydrogen) atoms. The standard InChI is InChI=1S/C24H29N3O4S/c1-17-6-9-20(10-7-17)27-16-19(14-23(27)28)24(29)25-22-15-21(11-8-18(22)2)32(30,31)26-12-4-3-5-13-26/h6-11,15,19H,3-5,12-14,16H2,1-2H3,(H,25,29)/t19-/m0/s1. The molecule has 0 unspecified atom stereocenters. The molecule has 7 nitrogen and oxygen atoms in total. The summed E-state index contributed by atoms with van der Waals surface area (Å²) in [6, 6.07) is 12.5. The van der Waals surface area contributed by atoms with E-state index in [0.717, 1.165) is 36.1 Å². The van der Waals surface area contributed by atoms with Gasteiger partial charge in [0.2, 0.25) is 21.8 Å². The summed E-state index contributed by atoms with van der Waals surface area (Å²) in [6.07, 6.45) is 2.90. The fraction of sp³-hybridized carbons (Fsp3) is 0.417. The normalized spacial score (nSPS) is 19.9. The summed E-state index contributed by atoms with van der Waals surface area (Å²) in [4.78, 5) is 27.3. The molecular formula is C24H29N3O4S. The van der Waals surface area contributed by atoms with Crippen molar-refractivity contribution in [3.63, 3.8) is 0 Å². The van der Waals surface area contributed by atoms with Gasteiger partial charge in [-0.05, 0) is 56.5 Å². The fourth-order valence-electron chi connectivity index (χ4n) is 4.24. The molecule has 1 atom stereocenters. The summed E-state index contributed by atoms with van der Waals surface area (Å²) in [7, 11) is -3.59. The van der Waals surface area contributed by atoms with Crippen molar-refractivity contribution in [2.24, 2.45) is 5.92 Å². The number of piperidine rings is 1. The van der Waals surface area contributed by atoms with Gasteiger partial charge in [0, 0.05) is 37.4 Å². The first kappa shape index (κ1) is 22.5. The summed E-state index contributed by atoms with van der Waals surface area (Å²) < 4.78 is 27.6. The number of carbonyl (C=O) groups excluding carboxylic acids is 2. The van der Waals surface area contributed by atoms with Crippen LogP contribution >= 0.6 is 0 Å². The van der Waals surface area contributed by atoms with Gasteiger partial charge in [0.05, 0.1) is 10.8 Å². The Morgan fingerprint density at radius 1 is 1.00 bits per heavy atom. The van der Waals surface area contributed by atoms with Crippen molar-refractivity contribution < 1.29 is 18.0 Å². The number of nitrogens with zero attached hydrogens (tertiary/aromatic N) is 2. The van der Waals surface area contributed by atoms with Gasteiger partial charge in [-0.15, -0.1) is 0 Å². The monoisotopic (exact) mass is 455 g/mol. The molecule has 4 rings (SSSR count). The van der Waals surface area contributed by atoms with Crippen molar-refractivity contribution in [1.82, 2.24) is 4.31 Å². The van der Waals surface area contributed by atoms with Crippen LogP contribution in [0.15, 0.2) is 47.4 Å². The second kappa shape index (κ2) is 9.03. The smallest absolute Gasteiger partial charge is 0.243 e. The lowest BCUT2D eigenvalue weighted by molar-refractivity contribution is -0.122. The van der Waals surface area contributed by atoms with Gasteiger partial charge in [0.1, 0.15) is 0 Å². The Morgan fingerprint density at radius 2 is 1.69 bits per heavy atom. The molecule has 0 saturated carbocycles. The largest absolute Gasteiger partial charge is 0.325 e. The second-order valence-corrected chi connectivity index (χ2v) is 10.6. The number of carbonyl (C=O) groups is 2. The zero-order chi connectivity index (χ0) is 22.9. The van der Waals surface area contributed by atoms with Crippen molar-refractivity contribution in [3.8, 4) is 0 Å². The van der Waals surface area contributed by atoms with Crippen LogP contribution in [0.2, 0.25) is 0 Å². The lowest BCUT2D eigenvalue weighted by Gasteiger charge is -2.26. The lowest BCUT2D eigenvalue weighted by atomic mass is 10.1. The zero-order valence-corrected chi connectivity index (χ0v) is 19.3. The molecule has 2 heterocycles. The van der Waals surface area contributed by atoms with Crippen molar-refractivity contribution in [1.29, 1.82) is 0 Å². The number of amides is 2. The minimum atomic E-state index is -3.59. The Balaban J connectivity index is 1.49. The van der Waals surface area contributed by atoms with Gasteiger partial charge < -0.3 is 10.2 Å². The highest BCUT2D eigenvalue weighted by atomic mass is 32.2. The first-order valence-corrected chi connectivity index (χ1v) is 12.5. The highest BCUT2D eigenvalue weighted by Crippen LogP contribution is 2.29. The molecule has 2 saturated heterocycles. The number of nitrogens with one attached hydrogen (secondary N) is 1. The van der Waals surface area contributed by atoms with Crippen LogP contribution in [0.5, 0.6) is 0 Å². The fourth-order valence-corrected chi connectivity index (χ4v) is 5.79. The van der Waals surface area contributed by atoms with E-state index in [-0.39, 0.29) is 23.1 Å². The van der Waals surface area contributed by atoms with E-state index in [1.165, 1.54) is 10.4 Å². The number of hydrogen-bond donors (Lipinski definition) is 1. The summed E-state index contributed by atoms with van der Waals surface area (Å²) in [5, 5.41) is 2.87. The Hall–Kier alpha value is -2.71. The Morgan fingerprint density at radius 3 is 2.38 bits per heavy atom. The third-order valence-corrected chi connectivity index (χ3v) is 8.16. The van der Waals surface area contributed by atoms with Crippen LogP contribution in [0.4, 0.5) is 11.4 Å². The quantitative estimate of drug-likeness (QED) is 0.748. The maximum Gasteiger partial charge on any atom is 0.243 e. The number of aryl methyl sites for hydroxylation is 2. The molecule has 0 bridgehead atoms. The predicted octanol–water partition coefficient (Wildman–Crippen LogP) is 3.47. The molecule has 2 aliphatic rings. The van der Waals surface area contributed by atoms with Gasteiger partial charge in [-0.3, -0.25) is 9.59 Å². The maximum absolute atomic E-state index is 13.0. The van der Waals surface area contributed by atoms with Gasteiger partial charge in [-0.25, -0.2) is 8.42 Å². The molecule has 170 valence electrons. The molecule has 1 N–H and O–H groups in total. The first-order chi connectivity index (χ1) is 15.3. The van der Waals surface area contributed by atoms with E-state index in [9.17, 15) is 18.0 Å². The van der Waals surface area contributed by atoms with Crippen molar-refractivity contribution in [2.45, 2.75) is 44.4 Å². The number of benzene rings is 2. The van der Waals surface area contributed by atoms with Crippen molar-refractivity contribution in [3.05, 3.63) is 53.6 Å². The van der Waals surface area contributed by atoms with E-state index in [1.807, 2.05) is 38.1 Å². The van der Waals surface area contributed by atoms with Crippen LogP contribution in [0, 0.1) is 19.8 Å². The van der Waals surface area contributed by atoms with E-state index in [4.69, 9.17) is 0 Å². The summed E-state index contributed by atoms with van der Waals surface area (Å²) in [6.45, 7) is 5.16. The molecule has 0 radical (unpaired) electrons. The number of sulfonamides is 1. The molecule has 0 aliphatic carbocycles. The zero-order valence-electron chi connectivity index (χ0n) is 18.5. The van der Waals surface area contributed by atoms with Gasteiger partial charge >= 0.3 is 0 Å². The van der Waals surface area contributed by atoms with Gasteiger partial charge in [0.15, 0.2) is 0 Å². The van der Waals surface area contributed by atoms with E-state index in [0.29, 0.717) is 25.3 Å². The van der Waals surface area contributed by atoms with Crippen LogP contribution in [0.1, 0.15) is 36.8 Å². The summed E-state index contributed by atoms with van der Waals surface area (Å²) >= 11 is 0. The molecule has 2 fully saturated rings. The van der Waals surface area contributed by atoms with Gasteiger partial charge in [-0.2, -0.15) is 4.31 Å². The highest BCUT2D eigenvalue weighted by molar-refractivity contribution is 7.89. The van der Waals surface area contributed by atoms with E-state index < -0.39 is 15.9 Å². The van der Waals surface area contributed by atoms with Crippen LogP contribution in [-0.4, -0.2) is 44.2 Å². The first-order valence-electron chi connectivity index (χ1n) is 11.0. The molecule has 2 aliphatic heterocycles. The van der Waals surface area contributed by atoms with Gasteiger partial charge in [0.25, 0.3) is 0 Å². The Bertz CT molecular complexity index is 1120. The van der Waals surface area contributed by atoms with E-state index in [2.05, 4.69) is 5.32 Å². The predicted molar refractivity (Wildman–Crippen MR) is 124 cm³/mol. The average molecular weight is 456 g/mol. The minimum Gasteiger partial charge on any atom is -0.325 e. The van der Waals surface area contributed by atoms with Crippen LogP contribution in [-0.2, 0) is 19.6 Å². The molecule has 2 amide bonds. The number of rotatable bonds is 5. The van der Waals surface area contributed by atoms with Crippen LogP contribution in [0.3, 0.4) is 0 Å². The summed E-state index contributed by atoms with van der Waals surface area (Å²) in [5.74, 6) is -0.860. The Labute approximate surface area is 189 Å². The molecule has 0 spiro atoms. The number of hydrogen-bond acceptors (Lipinski definition) is 4.